The molecular weight excluding hydrogens is 234 g/mol. The van der Waals surface area contributed by atoms with E-state index in [2.05, 4.69) is 4.72 Å². The number of carboxylic acids is 1. The summed E-state index contributed by atoms with van der Waals surface area (Å²) in [6.45, 7) is 5.36. The van der Waals surface area contributed by atoms with Crippen molar-refractivity contribution in [2.45, 2.75) is 20.3 Å². The first-order valence-corrected chi connectivity index (χ1v) is 6.75. The van der Waals surface area contributed by atoms with Gasteiger partial charge in [-0.15, -0.1) is 0 Å². The smallest absolute Gasteiger partial charge is 0.320 e. The number of aliphatic carboxylic acids is 1. The number of hydrogen-bond donors (Lipinski definition) is 2. The Kier molecular flexibility index (Phi) is 7.27. The quantitative estimate of drug-likeness (QED) is 0.566. The maximum absolute atomic E-state index is 11.0. The van der Waals surface area contributed by atoms with Gasteiger partial charge in [-0.1, -0.05) is 13.8 Å². The maximum atomic E-state index is 11.0. The maximum Gasteiger partial charge on any atom is 0.320 e. The third kappa shape index (κ3) is 9.88. The number of nitrogens with one attached hydrogen (secondary N) is 1. The zero-order valence-electron chi connectivity index (χ0n) is 9.60. The Morgan fingerprint density at radius 1 is 1.44 bits per heavy atom. The molecule has 0 saturated carbocycles. The van der Waals surface area contributed by atoms with E-state index < -0.39 is 21.7 Å². The molecule has 0 aliphatic heterocycles. The van der Waals surface area contributed by atoms with Gasteiger partial charge in [0.25, 0.3) is 0 Å². The first kappa shape index (κ1) is 15.3. The highest BCUT2D eigenvalue weighted by atomic mass is 32.2. The summed E-state index contributed by atoms with van der Waals surface area (Å²) in [6.07, 6.45) is 0.533. The van der Waals surface area contributed by atoms with Crippen molar-refractivity contribution in [2.75, 3.05) is 25.5 Å². The minimum absolute atomic E-state index is 0.202. The van der Waals surface area contributed by atoms with Gasteiger partial charge in [0.2, 0.25) is 10.0 Å². The number of carboxylic acid groups (broad SMARTS) is 1. The highest BCUT2D eigenvalue weighted by molar-refractivity contribution is 7.90. The molecule has 0 heterocycles. The zero-order valence-corrected chi connectivity index (χ0v) is 10.4. The molecule has 16 heavy (non-hydrogen) atoms. The topological polar surface area (TPSA) is 92.7 Å². The van der Waals surface area contributed by atoms with Crippen molar-refractivity contribution >= 4 is 16.0 Å². The SMILES string of the molecule is CC(C)COCCCNS(=O)(=O)CC(=O)O. The lowest BCUT2D eigenvalue weighted by atomic mass is 10.2. The number of carbonyl (C=O) groups is 1. The molecule has 0 fully saturated rings. The molecule has 0 unspecified atom stereocenters. The van der Waals surface area contributed by atoms with Crippen molar-refractivity contribution in [2.24, 2.45) is 5.92 Å². The summed E-state index contributed by atoms with van der Waals surface area (Å²) in [5, 5.41) is 8.31. The Morgan fingerprint density at radius 3 is 2.56 bits per heavy atom. The van der Waals surface area contributed by atoms with Gasteiger partial charge in [-0.3, -0.25) is 4.79 Å². The largest absolute Gasteiger partial charge is 0.480 e. The van der Waals surface area contributed by atoms with E-state index in [4.69, 9.17) is 9.84 Å². The van der Waals surface area contributed by atoms with Crippen molar-refractivity contribution < 1.29 is 23.1 Å². The summed E-state index contributed by atoms with van der Waals surface area (Å²) in [5.74, 6) is -1.80. The van der Waals surface area contributed by atoms with Crippen molar-refractivity contribution in [3.05, 3.63) is 0 Å². The van der Waals surface area contributed by atoms with Gasteiger partial charge in [-0.05, 0) is 12.3 Å². The number of hydrogen-bond acceptors (Lipinski definition) is 4. The molecule has 0 radical (unpaired) electrons. The van der Waals surface area contributed by atoms with Crippen LogP contribution in [0.5, 0.6) is 0 Å². The van der Waals surface area contributed by atoms with E-state index in [0.29, 0.717) is 25.6 Å². The van der Waals surface area contributed by atoms with Crippen molar-refractivity contribution in [1.82, 2.24) is 4.72 Å². The van der Waals surface area contributed by atoms with Gasteiger partial charge in [0, 0.05) is 19.8 Å². The highest BCUT2D eigenvalue weighted by Gasteiger charge is 2.14. The molecule has 7 heteroatoms. The van der Waals surface area contributed by atoms with Crippen LogP contribution >= 0.6 is 0 Å². The van der Waals surface area contributed by atoms with Gasteiger partial charge in [0.05, 0.1) is 0 Å². The van der Waals surface area contributed by atoms with E-state index in [1.807, 2.05) is 13.8 Å². The third-order valence-electron chi connectivity index (χ3n) is 1.55. The van der Waals surface area contributed by atoms with E-state index in [0.717, 1.165) is 0 Å². The third-order valence-corrected chi connectivity index (χ3v) is 2.82. The first-order chi connectivity index (χ1) is 7.33. The summed E-state index contributed by atoms with van der Waals surface area (Å²) in [7, 11) is -3.69. The van der Waals surface area contributed by atoms with Crippen LogP contribution in [0.4, 0.5) is 0 Å². The molecule has 0 aliphatic rings. The molecule has 0 aromatic rings. The molecule has 0 aliphatic carbocycles. The van der Waals surface area contributed by atoms with E-state index >= 15 is 0 Å². The van der Waals surface area contributed by atoms with Crippen LogP contribution < -0.4 is 4.72 Å². The van der Waals surface area contributed by atoms with E-state index in [1.54, 1.807) is 0 Å². The molecule has 0 amide bonds. The minimum atomic E-state index is -3.69. The number of ether oxygens (including phenoxy) is 1. The van der Waals surface area contributed by atoms with Crippen molar-refractivity contribution in [3.8, 4) is 0 Å². The summed E-state index contributed by atoms with van der Waals surface area (Å²) in [5.41, 5.74) is 0. The second-order valence-electron chi connectivity index (χ2n) is 3.87. The van der Waals surface area contributed by atoms with Gasteiger partial charge in [-0.25, -0.2) is 13.1 Å². The summed E-state index contributed by atoms with van der Waals surface area (Å²) < 4.78 is 29.5. The Bertz CT molecular complexity index is 299. The monoisotopic (exact) mass is 253 g/mol. The predicted octanol–water partition coefficient (Wildman–Crippen LogP) is 0.0531. The number of rotatable bonds is 9. The molecule has 0 aromatic heterocycles. The second kappa shape index (κ2) is 7.59. The normalized spacial score (nSPS) is 11.9. The molecule has 2 N–H and O–H groups in total. The molecule has 0 spiro atoms. The lowest BCUT2D eigenvalue weighted by Crippen LogP contribution is -2.31. The fraction of sp³-hybridized carbons (Fsp3) is 0.889. The lowest BCUT2D eigenvalue weighted by Gasteiger charge is -2.07. The minimum Gasteiger partial charge on any atom is -0.480 e. The van der Waals surface area contributed by atoms with E-state index in [9.17, 15) is 13.2 Å². The van der Waals surface area contributed by atoms with E-state index in [1.165, 1.54) is 0 Å². The molecule has 0 saturated heterocycles. The van der Waals surface area contributed by atoms with E-state index in [-0.39, 0.29) is 6.54 Å². The van der Waals surface area contributed by atoms with Crippen molar-refractivity contribution in [1.29, 1.82) is 0 Å². The van der Waals surface area contributed by atoms with Gasteiger partial charge in [-0.2, -0.15) is 0 Å². The Morgan fingerprint density at radius 2 is 2.06 bits per heavy atom. The average molecular weight is 253 g/mol. The van der Waals surface area contributed by atoms with Crippen LogP contribution in [0.3, 0.4) is 0 Å². The van der Waals surface area contributed by atoms with Gasteiger partial charge in [0.1, 0.15) is 0 Å². The summed E-state index contributed by atoms with van der Waals surface area (Å²) in [6, 6.07) is 0. The summed E-state index contributed by atoms with van der Waals surface area (Å²) in [4.78, 5) is 10.2. The molecule has 0 aromatic carbocycles. The first-order valence-electron chi connectivity index (χ1n) is 5.10. The van der Waals surface area contributed by atoms with Crippen LogP contribution in [-0.4, -0.2) is 45.0 Å². The Balaban J connectivity index is 3.55. The highest BCUT2D eigenvalue weighted by Crippen LogP contribution is 1.93. The molecule has 6 nitrogen and oxygen atoms in total. The summed E-state index contributed by atoms with van der Waals surface area (Å²) >= 11 is 0. The molecule has 96 valence electrons. The molecular formula is C9H19NO5S. The van der Waals surface area contributed by atoms with Crippen LogP contribution in [0.25, 0.3) is 0 Å². The van der Waals surface area contributed by atoms with Gasteiger partial charge < -0.3 is 9.84 Å². The average Bonchev–Trinajstić information content (AvgIpc) is 2.08. The van der Waals surface area contributed by atoms with Crippen LogP contribution in [0.15, 0.2) is 0 Å². The second-order valence-corrected chi connectivity index (χ2v) is 5.68. The predicted molar refractivity (Wildman–Crippen MR) is 59.7 cm³/mol. The fourth-order valence-corrected chi connectivity index (χ4v) is 1.82. The fourth-order valence-electron chi connectivity index (χ4n) is 0.935. The van der Waals surface area contributed by atoms with Crippen LogP contribution in [0.2, 0.25) is 0 Å². The molecule has 0 bridgehead atoms. The van der Waals surface area contributed by atoms with Crippen LogP contribution in [0.1, 0.15) is 20.3 Å². The standard InChI is InChI=1S/C9H19NO5S/c1-8(2)6-15-5-3-4-10-16(13,14)7-9(11)12/h8,10H,3-7H2,1-2H3,(H,11,12). The Labute approximate surface area is 96.0 Å². The Hall–Kier alpha value is -0.660. The lowest BCUT2D eigenvalue weighted by molar-refractivity contribution is -0.134. The van der Waals surface area contributed by atoms with Crippen molar-refractivity contribution in [3.63, 3.8) is 0 Å². The zero-order chi connectivity index (χ0) is 12.6. The van der Waals surface area contributed by atoms with Crippen LogP contribution in [-0.2, 0) is 19.6 Å². The molecule has 0 rings (SSSR count). The van der Waals surface area contributed by atoms with Gasteiger partial charge in [0.15, 0.2) is 5.75 Å². The number of sulfonamides is 1. The molecule has 0 atom stereocenters. The van der Waals surface area contributed by atoms with Crippen LogP contribution in [0, 0.1) is 5.92 Å². The van der Waals surface area contributed by atoms with Gasteiger partial charge >= 0.3 is 5.97 Å².